The second-order valence-electron chi connectivity index (χ2n) is 5.11. The van der Waals surface area contributed by atoms with E-state index in [1.54, 1.807) is 18.5 Å². The normalized spacial score (nSPS) is 10.1. The molecule has 5 nitrogen and oxygen atoms in total. The average molecular weight is 297 g/mol. The number of amides is 2. The first-order chi connectivity index (χ1) is 10.6. The maximum absolute atomic E-state index is 11.9. The van der Waals surface area contributed by atoms with Gasteiger partial charge in [0.05, 0.1) is 0 Å². The van der Waals surface area contributed by atoms with Crippen molar-refractivity contribution in [3.05, 3.63) is 59.4 Å². The van der Waals surface area contributed by atoms with Crippen molar-refractivity contribution >= 4 is 17.5 Å². The molecule has 1 aromatic heterocycles. The van der Waals surface area contributed by atoms with Crippen LogP contribution in [0.2, 0.25) is 0 Å². The van der Waals surface area contributed by atoms with Crippen LogP contribution in [0, 0.1) is 13.8 Å². The summed E-state index contributed by atoms with van der Waals surface area (Å²) in [6, 6.07) is 9.35. The topological polar surface area (TPSA) is 71.1 Å². The molecule has 0 saturated heterocycles. The van der Waals surface area contributed by atoms with Crippen molar-refractivity contribution in [2.24, 2.45) is 0 Å². The highest BCUT2D eigenvalue weighted by Crippen LogP contribution is 2.17. The molecule has 0 unspecified atom stereocenters. The average Bonchev–Trinajstić information content (AvgIpc) is 2.51. The molecule has 1 heterocycles. The van der Waals surface area contributed by atoms with Crippen LogP contribution in [0.1, 0.15) is 23.1 Å². The number of aryl methyl sites for hydroxylation is 1. The summed E-state index contributed by atoms with van der Waals surface area (Å²) < 4.78 is 0. The molecule has 2 N–H and O–H groups in total. The maximum Gasteiger partial charge on any atom is 0.233 e. The van der Waals surface area contributed by atoms with E-state index in [4.69, 9.17) is 0 Å². The van der Waals surface area contributed by atoms with Crippen LogP contribution in [0.5, 0.6) is 0 Å². The molecule has 2 aromatic rings. The second-order valence-corrected chi connectivity index (χ2v) is 5.11. The lowest BCUT2D eigenvalue weighted by Crippen LogP contribution is -2.27. The number of pyridine rings is 1. The van der Waals surface area contributed by atoms with Gasteiger partial charge in [-0.25, -0.2) is 0 Å². The number of nitrogens with zero attached hydrogens (tertiary/aromatic N) is 1. The molecule has 0 aliphatic heterocycles. The summed E-state index contributed by atoms with van der Waals surface area (Å²) in [5.41, 5.74) is 3.74. The number of rotatable bonds is 5. The molecule has 1 aromatic carbocycles. The van der Waals surface area contributed by atoms with E-state index < -0.39 is 0 Å². The molecular formula is C17H19N3O2. The molecule has 0 aliphatic carbocycles. The van der Waals surface area contributed by atoms with E-state index in [1.807, 2.05) is 38.1 Å². The number of nitrogens with one attached hydrogen (secondary N) is 2. The van der Waals surface area contributed by atoms with E-state index in [9.17, 15) is 9.59 Å². The van der Waals surface area contributed by atoms with Crippen LogP contribution in [0.3, 0.4) is 0 Å². The van der Waals surface area contributed by atoms with Crippen LogP contribution < -0.4 is 10.6 Å². The van der Waals surface area contributed by atoms with E-state index >= 15 is 0 Å². The van der Waals surface area contributed by atoms with Crippen molar-refractivity contribution in [1.29, 1.82) is 0 Å². The number of benzene rings is 1. The van der Waals surface area contributed by atoms with Gasteiger partial charge in [0.15, 0.2) is 0 Å². The monoisotopic (exact) mass is 297 g/mol. The maximum atomic E-state index is 11.9. The summed E-state index contributed by atoms with van der Waals surface area (Å²) in [5.74, 6) is -0.635. The van der Waals surface area contributed by atoms with E-state index in [-0.39, 0.29) is 18.2 Å². The SMILES string of the molecule is Cc1cccc(NC(=O)CC(=O)NCc2cccnc2)c1C. The molecule has 5 heteroatoms. The molecule has 2 amide bonds. The van der Waals surface area contributed by atoms with Gasteiger partial charge < -0.3 is 10.6 Å². The first-order valence-electron chi connectivity index (χ1n) is 7.08. The quantitative estimate of drug-likeness (QED) is 0.832. The molecule has 0 fully saturated rings. The van der Waals surface area contributed by atoms with Gasteiger partial charge in [-0.2, -0.15) is 0 Å². The predicted octanol–water partition coefficient (Wildman–Crippen LogP) is 2.34. The smallest absolute Gasteiger partial charge is 0.233 e. The third-order valence-electron chi connectivity index (χ3n) is 3.41. The van der Waals surface area contributed by atoms with Crippen molar-refractivity contribution in [3.63, 3.8) is 0 Å². The molecule has 0 spiro atoms. The Morgan fingerprint density at radius 3 is 2.64 bits per heavy atom. The van der Waals surface area contributed by atoms with Crippen LogP contribution in [0.25, 0.3) is 0 Å². The van der Waals surface area contributed by atoms with Gasteiger partial charge in [0.25, 0.3) is 0 Å². The number of anilines is 1. The Morgan fingerprint density at radius 2 is 1.91 bits per heavy atom. The van der Waals surface area contributed by atoms with E-state index in [1.165, 1.54) is 0 Å². The van der Waals surface area contributed by atoms with Gasteiger partial charge >= 0.3 is 0 Å². The first kappa shape index (κ1) is 15.7. The zero-order chi connectivity index (χ0) is 15.9. The summed E-state index contributed by atoms with van der Waals surface area (Å²) in [7, 11) is 0. The van der Waals surface area contributed by atoms with Gasteiger partial charge in [-0.1, -0.05) is 18.2 Å². The van der Waals surface area contributed by atoms with Crippen molar-refractivity contribution in [3.8, 4) is 0 Å². The summed E-state index contributed by atoms with van der Waals surface area (Å²) in [6.45, 7) is 4.28. The highest BCUT2D eigenvalue weighted by Gasteiger charge is 2.11. The van der Waals surface area contributed by atoms with Crippen LogP contribution in [-0.4, -0.2) is 16.8 Å². The Labute approximate surface area is 129 Å². The fourth-order valence-electron chi connectivity index (χ4n) is 1.99. The van der Waals surface area contributed by atoms with Crippen LogP contribution in [0.4, 0.5) is 5.69 Å². The summed E-state index contributed by atoms with van der Waals surface area (Å²) >= 11 is 0. The van der Waals surface area contributed by atoms with Gasteiger partial charge in [-0.3, -0.25) is 14.6 Å². The van der Waals surface area contributed by atoms with E-state index in [0.717, 1.165) is 22.4 Å². The number of hydrogen-bond acceptors (Lipinski definition) is 3. The minimum atomic E-state index is -0.322. The fraction of sp³-hybridized carbons (Fsp3) is 0.235. The van der Waals surface area contributed by atoms with Crippen molar-refractivity contribution < 1.29 is 9.59 Å². The zero-order valence-electron chi connectivity index (χ0n) is 12.7. The highest BCUT2D eigenvalue weighted by molar-refractivity contribution is 6.03. The molecule has 0 radical (unpaired) electrons. The Bertz CT molecular complexity index is 669. The zero-order valence-corrected chi connectivity index (χ0v) is 12.7. The second kappa shape index (κ2) is 7.36. The number of carbonyl (C=O) groups excluding carboxylic acids is 2. The van der Waals surface area contributed by atoms with Crippen LogP contribution in [0.15, 0.2) is 42.7 Å². The van der Waals surface area contributed by atoms with Gasteiger partial charge in [0, 0.05) is 24.6 Å². The number of hydrogen-bond donors (Lipinski definition) is 2. The molecule has 0 bridgehead atoms. The van der Waals surface area contributed by atoms with Gasteiger partial charge in [-0.15, -0.1) is 0 Å². The van der Waals surface area contributed by atoms with Crippen molar-refractivity contribution in [2.45, 2.75) is 26.8 Å². The summed E-state index contributed by atoms with van der Waals surface area (Å²) in [5, 5.41) is 5.47. The van der Waals surface area contributed by atoms with Crippen LogP contribution in [-0.2, 0) is 16.1 Å². The first-order valence-corrected chi connectivity index (χ1v) is 7.08. The molecule has 22 heavy (non-hydrogen) atoms. The highest BCUT2D eigenvalue weighted by atomic mass is 16.2. The summed E-state index contributed by atoms with van der Waals surface area (Å²) in [6.07, 6.45) is 3.15. The van der Waals surface area contributed by atoms with E-state index in [0.29, 0.717) is 6.54 Å². The van der Waals surface area contributed by atoms with Gasteiger partial charge in [0.2, 0.25) is 11.8 Å². The molecule has 2 rings (SSSR count). The molecule has 0 saturated carbocycles. The lowest BCUT2D eigenvalue weighted by molar-refractivity contribution is -0.126. The molecular weight excluding hydrogens is 278 g/mol. The number of carbonyl (C=O) groups is 2. The Kier molecular flexibility index (Phi) is 5.25. The fourth-order valence-corrected chi connectivity index (χ4v) is 1.99. The minimum Gasteiger partial charge on any atom is -0.352 e. The van der Waals surface area contributed by atoms with Crippen LogP contribution >= 0.6 is 0 Å². The lowest BCUT2D eigenvalue weighted by Gasteiger charge is -2.10. The lowest BCUT2D eigenvalue weighted by atomic mass is 10.1. The number of aromatic nitrogens is 1. The third-order valence-corrected chi connectivity index (χ3v) is 3.41. The van der Waals surface area contributed by atoms with E-state index in [2.05, 4.69) is 15.6 Å². The van der Waals surface area contributed by atoms with Crippen molar-refractivity contribution in [2.75, 3.05) is 5.32 Å². The van der Waals surface area contributed by atoms with Gasteiger partial charge in [0.1, 0.15) is 6.42 Å². The minimum absolute atomic E-state index is 0.201. The Morgan fingerprint density at radius 1 is 1.09 bits per heavy atom. The third kappa shape index (κ3) is 4.41. The predicted molar refractivity (Wildman–Crippen MR) is 85.2 cm³/mol. The molecule has 0 aliphatic rings. The Hall–Kier alpha value is -2.69. The summed E-state index contributed by atoms with van der Waals surface area (Å²) in [4.78, 5) is 27.7. The molecule has 0 atom stereocenters. The standard InChI is InChI=1S/C17H19N3O2/c1-12-5-3-7-15(13(12)2)20-17(22)9-16(21)19-11-14-6-4-8-18-10-14/h3-8,10H,9,11H2,1-2H3,(H,19,21)(H,20,22). The molecule has 114 valence electrons. The van der Waals surface area contributed by atoms with Crippen molar-refractivity contribution in [1.82, 2.24) is 10.3 Å². The Balaban J connectivity index is 1.84. The van der Waals surface area contributed by atoms with Gasteiger partial charge in [-0.05, 0) is 42.7 Å². The largest absolute Gasteiger partial charge is 0.352 e.